The molecule has 0 saturated carbocycles. The zero-order valence-electron chi connectivity index (χ0n) is 7.17. The molecule has 1 N–H and O–H groups in total. The highest BCUT2D eigenvalue weighted by molar-refractivity contribution is 5.86. The highest BCUT2D eigenvalue weighted by Crippen LogP contribution is 1.76. The SMILES string of the molecule is [2H]N(CCCOC)C(=O)C=C. The van der Waals surface area contributed by atoms with Gasteiger partial charge in [-0.25, -0.2) is 0 Å². The summed E-state index contributed by atoms with van der Waals surface area (Å²) in [6, 6.07) is 0. The summed E-state index contributed by atoms with van der Waals surface area (Å²) in [7, 11) is 1.59. The van der Waals surface area contributed by atoms with Crippen LogP contribution in [-0.4, -0.2) is 26.2 Å². The number of rotatable bonds is 5. The standard InChI is InChI=1S/C7H13NO2/c1-3-7(9)8-5-4-6-10-2/h3H,1,4-6H2,2H3,(H,8,9)/i/hD. The van der Waals surface area contributed by atoms with Crippen LogP contribution in [0.2, 0.25) is 1.41 Å². The van der Waals surface area contributed by atoms with E-state index in [9.17, 15) is 4.79 Å². The second-order valence-electron chi connectivity index (χ2n) is 1.77. The summed E-state index contributed by atoms with van der Waals surface area (Å²) in [5.41, 5.74) is 0. The maximum absolute atomic E-state index is 10.7. The van der Waals surface area contributed by atoms with Crippen molar-refractivity contribution >= 4 is 5.91 Å². The Bertz CT molecular complexity index is 138. The Balaban J connectivity index is 3.43. The van der Waals surface area contributed by atoms with Gasteiger partial charge < -0.3 is 10.0 Å². The average molecular weight is 144 g/mol. The molecule has 3 nitrogen and oxygen atoms in total. The molecule has 0 rings (SSSR count). The average Bonchev–Trinajstić information content (AvgIpc) is 2.03. The molecule has 0 aliphatic heterocycles. The number of carbonyl (C=O) groups excluding carboxylic acids is 1. The molecule has 0 atom stereocenters. The van der Waals surface area contributed by atoms with Crippen molar-refractivity contribution in [1.82, 2.24) is 5.31 Å². The zero-order chi connectivity index (χ0) is 8.69. The van der Waals surface area contributed by atoms with E-state index in [1.54, 1.807) is 7.11 Å². The molecule has 0 spiro atoms. The predicted octanol–water partition coefficient (Wildman–Crippen LogP) is 0.325. The van der Waals surface area contributed by atoms with E-state index in [2.05, 4.69) is 6.58 Å². The van der Waals surface area contributed by atoms with E-state index in [-0.39, 0.29) is 5.91 Å². The van der Waals surface area contributed by atoms with Crippen LogP contribution in [0.5, 0.6) is 0 Å². The molecule has 0 aromatic heterocycles. The molecule has 0 saturated heterocycles. The molecule has 58 valence electrons. The van der Waals surface area contributed by atoms with Crippen LogP contribution in [0.1, 0.15) is 6.42 Å². The van der Waals surface area contributed by atoms with Crippen molar-refractivity contribution in [3.8, 4) is 0 Å². The number of hydrogen-bond acceptors (Lipinski definition) is 2. The third-order valence-corrected chi connectivity index (χ3v) is 0.949. The van der Waals surface area contributed by atoms with Crippen molar-refractivity contribution in [2.45, 2.75) is 6.42 Å². The van der Waals surface area contributed by atoms with Crippen molar-refractivity contribution < 1.29 is 10.9 Å². The van der Waals surface area contributed by atoms with Gasteiger partial charge in [0.15, 0.2) is 1.41 Å². The lowest BCUT2D eigenvalue weighted by molar-refractivity contribution is -0.116. The number of methoxy groups -OCH3 is 1. The van der Waals surface area contributed by atoms with E-state index in [1.807, 2.05) is 0 Å². The summed E-state index contributed by atoms with van der Waals surface area (Å²) in [5, 5.41) is 0.867. The van der Waals surface area contributed by atoms with Gasteiger partial charge in [-0.3, -0.25) is 4.79 Å². The maximum Gasteiger partial charge on any atom is 0.243 e. The van der Waals surface area contributed by atoms with Crippen molar-refractivity contribution in [3.05, 3.63) is 12.7 Å². The molecule has 0 unspecified atom stereocenters. The summed E-state index contributed by atoms with van der Waals surface area (Å²) in [6.07, 6.45) is 1.80. The van der Waals surface area contributed by atoms with Gasteiger partial charge in [-0.2, -0.15) is 0 Å². The van der Waals surface area contributed by atoms with Crippen LogP contribution in [0.3, 0.4) is 0 Å². The molecule has 0 aliphatic carbocycles. The van der Waals surface area contributed by atoms with E-state index in [0.717, 1.165) is 11.4 Å². The third kappa shape index (κ3) is 5.31. The van der Waals surface area contributed by atoms with Crippen molar-refractivity contribution in [1.29, 1.82) is 0 Å². The minimum atomic E-state index is -0.374. The molecule has 0 aliphatic rings. The Labute approximate surface area is 62.5 Å². The van der Waals surface area contributed by atoms with Crippen molar-refractivity contribution in [2.75, 3.05) is 20.3 Å². The summed E-state index contributed by atoms with van der Waals surface area (Å²) in [4.78, 5) is 10.7. The largest absolute Gasteiger partial charge is 0.385 e. The Hall–Kier alpha value is -0.830. The summed E-state index contributed by atoms with van der Waals surface area (Å²) in [5.74, 6) is -0.374. The summed E-state index contributed by atoms with van der Waals surface area (Å²) >= 11 is 0. The Kier molecular flexibility index (Phi) is 4.58. The lowest BCUT2D eigenvalue weighted by Gasteiger charge is -1.99. The fraction of sp³-hybridized carbons (Fsp3) is 0.571. The fourth-order valence-corrected chi connectivity index (χ4v) is 0.463. The predicted molar refractivity (Wildman–Crippen MR) is 39.7 cm³/mol. The first-order valence-corrected chi connectivity index (χ1v) is 3.14. The number of hydrogen-bond donors (Lipinski definition) is 1. The third-order valence-electron chi connectivity index (χ3n) is 0.949. The van der Waals surface area contributed by atoms with E-state index in [0.29, 0.717) is 19.6 Å². The highest BCUT2D eigenvalue weighted by Gasteiger charge is 1.90. The molecular formula is C7H13NO2. The molecule has 1 amide bonds. The van der Waals surface area contributed by atoms with Crippen LogP contribution in [0.15, 0.2) is 12.7 Å². The van der Waals surface area contributed by atoms with Gasteiger partial charge in [0.05, 0.1) is 0 Å². The van der Waals surface area contributed by atoms with Gasteiger partial charge in [-0.05, 0) is 12.5 Å². The number of amides is 1. The minimum Gasteiger partial charge on any atom is -0.385 e. The van der Waals surface area contributed by atoms with Crippen LogP contribution >= 0.6 is 0 Å². The summed E-state index contributed by atoms with van der Waals surface area (Å²) in [6.45, 7) is 4.22. The lowest BCUT2D eigenvalue weighted by atomic mass is 10.4. The quantitative estimate of drug-likeness (QED) is 0.446. The van der Waals surface area contributed by atoms with Crippen LogP contribution < -0.4 is 5.31 Å². The lowest BCUT2D eigenvalue weighted by Crippen LogP contribution is -2.22. The molecule has 0 bridgehead atoms. The first-order chi connectivity index (χ1) is 5.22. The molecule has 0 aromatic carbocycles. The molecular weight excluding hydrogens is 130 g/mol. The normalized spacial score (nSPS) is 10.3. The van der Waals surface area contributed by atoms with Gasteiger partial charge in [0, 0.05) is 20.3 Å². The Morgan fingerprint density at radius 2 is 2.70 bits per heavy atom. The second kappa shape index (κ2) is 6.29. The van der Waals surface area contributed by atoms with Gasteiger partial charge in [-0.15, -0.1) is 0 Å². The van der Waals surface area contributed by atoms with E-state index in [4.69, 9.17) is 6.15 Å². The van der Waals surface area contributed by atoms with Gasteiger partial charge in [0.1, 0.15) is 0 Å². The van der Waals surface area contributed by atoms with Crippen LogP contribution in [0.25, 0.3) is 0 Å². The number of ether oxygens (including phenoxy) is 1. The van der Waals surface area contributed by atoms with Crippen LogP contribution in [-0.2, 0) is 9.53 Å². The summed E-state index contributed by atoms with van der Waals surface area (Å²) < 4.78 is 11.9. The van der Waals surface area contributed by atoms with Gasteiger partial charge in [0.25, 0.3) is 0 Å². The monoisotopic (exact) mass is 144 g/mol. The van der Waals surface area contributed by atoms with E-state index >= 15 is 0 Å². The Morgan fingerprint density at radius 1 is 2.00 bits per heavy atom. The van der Waals surface area contributed by atoms with Crippen molar-refractivity contribution in [3.63, 3.8) is 0 Å². The number of carbonyl (C=O) groups is 1. The highest BCUT2D eigenvalue weighted by atomic mass is 16.5. The maximum atomic E-state index is 10.7. The topological polar surface area (TPSA) is 38.3 Å². The van der Waals surface area contributed by atoms with Gasteiger partial charge >= 0.3 is 0 Å². The van der Waals surface area contributed by atoms with Gasteiger partial charge in [0.2, 0.25) is 5.91 Å². The second-order valence-corrected chi connectivity index (χ2v) is 1.77. The minimum absolute atomic E-state index is 0.374. The fourth-order valence-electron chi connectivity index (χ4n) is 0.463. The first kappa shape index (κ1) is 7.28. The smallest absolute Gasteiger partial charge is 0.243 e. The molecule has 0 radical (unpaired) electrons. The molecule has 3 heteroatoms. The molecule has 0 fully saturated rings. The number of nitrogens with one attached hydrogen (secondary N) is 1. The van der Waals surface area contributed by atoms with E-state index in [1.165, 1.54) is 0 Å². The van der Waals surface area contributed by atoms with Crippen molar-refractivity contribution in [2.24, 2.45) is 0 Å². The van der Waals surface area contributed by atoms with Gasteiger partial charge in [-0.1, -0.05) is 6.58 Å². The molecule has 10 heavy (non-hydrogen) atoms. The van der Waals surface area contributed by atoms with Crippen LogP contribution in [0.4, 0.5) is 0 Å². The first-order valence-electron chi connectivity index (χ1n) is 3.59. The Morgan fingerprint density at radius 3 is 3.20 bits per heavy atom. The molecule has 0 aromatic rings. The van der Waals surface area contributed by atoms with Crippen LogP contribution in [0, 0.1) is 0 Å². The molecule has 0 heterocycles. The zero-order valence-corrected chi connectivity index (χ0v) is 6.17. The van der Waals surface area contributed by atoms with E-state index < -0.39 is 0 Å².